The highest BCUT2D eigenvalue weighted by molar-refractivity contribution is 6.28. The van der Waals surface area contributed by atoms with Crippen molar-refractivity contribution in [2.45, 2.75) is 45.4 Å². The predicted molar refractivity (Wildman–Crippen MR) is 104 cm³/mol. The monoisotopic (exact) mass is 389 g/mol. The highest BCUT2D eigenvalue weighted by atomic mass is 35.5. The number of amides is 1. The average Bonchev–Trinajstić information content (AvgIpc) is 2.68. The van der Waals surface area contributed by atoms with Gasteiger partial charge in [0.15, 0.2) is 0 Å². The Morgan fingerprint density at radius 3 is 2.81 bits per heavy atom. The van der Waals surface area contributed by atoms with E-state index in [1.807, 2.05) is 30.3 Å². The maximum atomic E-state index is 13.0. The smallest absolute Gasteiger partial charge is 0.416 e. The van der Waals surface area contributed by atoms with Crippen LogP contribution >= 0.6 is 11.6 Å². The van der Waals surface area contributed by atoms with Gasteiger partial charge in [-0.3, -0.25) is 4.90 Å². The first-order valence-electron chi connectivity index (χ1n) is 9.16. The molecule has 0 radical (unpaired) electrons. The van der Waals surface area contributed by atoms with Gasteiger partial charge in [-0.05, 0) is 42.0 Å². The molecule has 1 amide bonds. The number of nitrogens with zero attached hydrogens (tertiary/aromatic N) is 3. The van der Waals surface area contributed by atoms with Gasteiger partial charge in [0.2, 0.25) is 5.28 Å². The van der Waals surface area contributed by atoms with Gasteiger partial charge in [0.05, 0.1) is 12.1 Å². The Morgan fingerprint density at radius 1 is 1.33 bits per heavy atom. The van der Waals surface area contributed by atoms with Crippen molar-refractivity contribution in [1.29, 1.82) is 0 Å². The minimum absolute atomic E-state index is 0.0891. The van der Waals surface area contributed by atoms with Gasteiger partial charge in [0.1, 0.15) is 12.4 Å². The Labute approximate surface area is 164 Å². The number of carbonyl (C=O) groups excluding carboxylic acids is 1. The molecular weight excluding hydrogens is 366 g/mol. The molecule has 2 unspecified atom stereocenters. The molecule has 144 valence electrons. The molecule has 27 heavy (non-hydrogen) atoms. The van der Waals surface area contributed by atoms with E-state index in [0.717, 1.165) is 18.4 Å². The molecule has 1 aromatic carbocycles. The van der Waals surface area contributed by atoms with E-state index in [4.69, 9.17) is 21.1 Å². The fourth-order valence-electron chi connectivity index (χ4n) is 3.35. The predicted octanol–water partition coefficient (Wildman–Crippen LogP) is 4.48. The summed E-state index contributed by atoms with van der Waals surface area (Å²) in [7, 11) is 0. The quantitative estimate of drug-likeness (QED) is 0.705. The second kappa shape index (κ2) is 9.15. The standard InChI is InChI=1S/C20H24ClN3O3/c1-14(2)18-16(9-6-12-26-18)24(17-10-11-22-19(21)23-17)20(25)27-13-15-7-4-3-5-8-15/h3-5,7-8,10-11,14,16,18H,6,9,12-13H2,1-2H3. The topological polar surface area (TPSA) is 64.5 Å². The van der Waals surface area contributed by atoms with Crippen LogP contribution in [0, 0.1) is 5.92 Å². The Balaban J connectivity index is 1.86. The maximum Gasteiger partial charge on any atom is 0.416 e. The maximum absolute atomic E-state index is 13.0. The fraction of sp³-hybridized carbons (Fsp3) is 0.450. The molecule has 1 aromatic heterocycles. The lowest BCUT2D eigenvalue weighted by Gasteiger charge is -2.40. The van der Waals surface area contributed by atoms with E-state index < -0.39 is 6.09 Å². The summed E-state index contributed by atoms with van der Waals surface area (Å²) in [6.45, 7) is 5.05. The second-order valence-corrected chi connectivity index (χ2v) is 7.22. The zero-order valence-corrected chi connectivity index (χ0v) is 16.3. The third-order valence-electron chi connectivity index (χ3n) is 4.58. The van der Waals surface area contributed by atoms with Crippen molar-refractivity contribution < 1.29 is 14.3 Å². The van der Waals surface area contributed by atoms with Gasteiger partial charge in [-0.25, -0.2) is 14.8 Å². The molecule has 3 rings (SSSR count). The molecule has 6 nitrogen and oxygen atoms in total. The van der Waals surface area contributed by atoms with Crippen LogP contribution in [0.5, 0.6) is 0 Å². The van der Waals surface area contributed by atoms with E-state index >= 15 is 0 Å². The first-order valence-corrected chi connectivity index (χ1v) is 9.54. The third-order valence-corrected chi connectivity index (χ3v) is 4.76. The number of halogens is 1. The van der Waals surface area contributed by atoms with Crippen LogP contribution < -0.4 is 4.90 Å². The van der Waals surface area contributed by atoms with E-state index in [-0.39, 0.29) is 30.0 Å². The van der Waals surface area contributed by atoms with Crippen LogP contribution in [0.4, 0.5) is 10.6 Å². The summed E-state index contributed by atoms with van der Waals surface area (Å²) >= 11 is 5.97. The van der Waals surface area contributed by atoms with Gasteiger partial charge in [0, 0.05) is 12.8 Å². The Bertz CT molecular complexity index is 757. The van der Waals surface area contributed by atoms with Crippen molar-refractivity contribution in [2.24, 2.45) is 5.92 Å². The highest BCUT2D eigenvalue weighted by Crippen LogP contribution is 2.29. The Kier molecular flexibility index (Phi) is 6.63. The third kappa shape index (κ3) is 4.96. The molecule has 7 heteroatoms. The number of benzene rings is 1. The number of rotatable bonds is 5. The van der Waals surface area contributed by atoms with Crippen LogP contribution in [-0.4, -0.2) is 34.8 Å². The SMILES string of the molecule is CC(C)C1OCCCC1N(C(=O)OCc1ccccc1)c1ccnc(Cl)n1. The van der Waals surface area contributed by atoms with Crippen LogP contribution in [0.15, 0.2) is 42.6 Å². The summed E-state index contributed by atoms with van der Waals surface area (Å²) in [4.78, 5) is 22.8. The number of ether oxygens (including phenoxy) is 2. The van der Waals surface area contributed by atoms with Crippen molar-refractivity contribution in [1.82, 2.24) is 9.97 Å². The van der Waals surface area contributed by atoms with E-state index in [9.17, 15) is 4.79 Å². The minimum Gasteiger partial charge on any atom is -0.444 e. The number of hydrogen-bond donors (Lipinski definition) is 0. The molecule has 1 aliphatic rings. The molecule has 0 spiro atoms. The number of anilines is 1. The Morgan fingerprint density at radius 2 is 2.11 bits per heavy atom. The van der Waals surface area contributed by atoms with Gasteiger partial charge in [-0.15, -0.1) is 0 Å². The van der Waals surface area contributed by atoms with Crippen molar-refractivity contribution in [3.63, 3.8) is 0 Å². The van der Waals surface area contributed by atoms with Gasteiger partial charge in [-0.2, -0.15) is 0 Å². The van der Waals surface area contributed by atoms with Crippen molar-refractivity contribution in [2.75, 3.05) is 11.5 Å². The van der Waals surface area contributed by atoms with Gasteiger partial charge < -0.3 is 9.47 Å². The lowest BCUT2D eigenvalue weighted by atomic mass is 9.92. The molecule has 2 aromatic rings. The molecule has 1 fully saturated rings. The minimum atomic E-state index is -0.463. The van der Waals surface area contributed by atoms with Gasteiger partial charge in [-0.1, -0.05) is 44.2 Å². The van der Waals surface area contributed by atoms with E-state index in [1.54, 1.807) is 11.0 Å². The lowest BCUT2D eigenvalue weighted by Crippen LogP contribution is -2.52. The van der Waals surface area contributed by atoms with Gasteiger partial charge in [0.25, 0.3) is 0 Å². The van der Waals surface area contributed by atoms with Crippen LogP contribution in [-0.2, 0) is 16.1 Å². The molecule has 0 N–H and O–H groups in total. The first kappa shape index (κ1) is 19.6. The summed E-state index contributed by atoms with van der Waals surface area (Å²) < 4.78 is 11.6. The van der Waals surface area contributed by atoms with Crippen LogP contribution in [0.2, 0.25) is 5.28 Å². The second-order valence-electron chi connectivity index (χ2n) is 6.88. The summed E-state index contributed by atoms with van der Waals surface area (Å²) in [6.07, 6.45) is 2.66. The van der Waals surface area contributed by atoms with Crippen molar-refractivity contribution >= 4 is 23.5 Å². The first-order chi connectivity index (χ1) is 13.1. The molecule has 0 aliphatic carbocycles. The number of aromatic nitrogens is 2. The molecule has 0 saturated carbocycles. The zero-order chi connectivity index (χ0) is 19.2. The van der Waals surface area contributed by atoms with Crippen LogP contribution in [0.1, 0.15) is 32.3 Å². The summed E-state index contributed by atoms with van der Waals surface area (Å²) in [5.41, 5.74) is 0.923. The van der Waals surface area contributed by atoms with E-state index in [2.05, 4.69) is 23.8 Å². The molecule has 2 heterocycles. The lowest BCUT2D eigenvalue weighted by molar-refractivity contribution is -0.0277. The van der Waals surface area contributed by atoms with Crippen LogP contribution in [0.3, 0.4) is 0 Å². The number of hydrogen-bond acceptors (Lipinski definition) is 5. The number of carbonyl (C=O) groups is 1. The zero-order valence-electron chi connectivity index (χ0n) is 15.5. The summed E-state index contributed by atoms with van der Waals surface area (Å²) in [5.74, 6) is 0.672. The van der Waals surface area contributed by atoms with Gasteiger partial charge >= 0.3 is 6.09 Å². The normalized spacial score (nSPS) is 19.7. The largest absolute Gasteiger partial charge is 0.444 e. The van der Waals surface area contributed by atoms with Crippen molar-refractivity contribution in [3.05, 3.63) is 53.4 Å². The average molecular weight is 390 g/mol. The molecule has 1 saturated heterocycles. The fourth-order valence-corrected chi connectivity index (χ4v) is 3.49. The van der Waals surface area contributed by atoms with E-state index in [0.29, 0.717) is 12.4 Å². The summed E-state index contributed by atoms with van der Waals surface area (Å²) in [6, 6.07) is 11.1. The highest BCUT2D eigenvalue weighted by Gasteiger charge is 2.38. The molecule has 1 aliphatic heterocycles. The summed E-state index contributed by atoms with van der Waals surface area (Å²) in [5, 5.41) is 0.0891. The molecule has 2 atom stereocenters. The molecular formula is C20H24ClN3O3. The Hall–Kier alpha value is -2.18. The van der Waals surface area contributed by atoms with E-state index in [1.165, 1.54) is 6.20 Å². The van der Waals surface area contributed by atoms with Crippen molar-refractivity contribution in [3.8, 4) is 0 Å². The van der Waals surface area contributed by atoms with Crippen LogP contribution in [0.25, 0.3) is 0 Å². The molecule has 0 bridgehead atoms.